The number of benzene rings is 1. The number of hydrogen-bond donors (Lipinski definition) is 0. The summed E-state index contributed by atoms with van der Waals surface area (Å²) < 4.78 is 3.06. The van der Waals surface area contributed by atoms with Gasteiger partial charge >= 0.3 is 5.69 Å². The zero-order valence-corrected chi connectivity index (χ0v) is 12.5. The van der Waals surface area contributed by atoms with E-state index >= 15 is 0 Å². The summed E-state index contributed by atoms with van der Waals surface area (Å²) in [7, 11) is 2.86. The average molecular weight is 370 g/mol. The van der Waals surface area contributed by atoms with Gasteiger partial charge in [0.15, 0.2) is 5.78 Å². The number of carbonyl (C=O) groups is 1. The van der Waals surface area contributed by atoms with E-state index < -0.39 is 11.2 Å². The molecule has 0 aliphatic rings. The van der Waals surface area contributed by atoms with Gasteiger partial charge in [-0.25, -0.2) is 4.79 Å². The van der Waals surface area contributed by atoms with Crippen LogP contribution in [0, 0.1) is 3.57 Å². The molecule has 0 unspecified atom stereocenters. The Labute approximate surface area is 122 Å². The summed E-state index contributed by atoms with van der Waals surface area (Å²) >= 11 is 2.09. The molecule has 0 saturated carbocycles. The van der Waals surface area contributed by atoms with Gasteiger partial charge < -0.3 is 4.57 Å². The first-order valence-corrected chi connectivity index (χ1v) is 6.56. The van der Waals surface area contributed by atoms with Crippen LogP contribution in [-0.4, -0.2) is 14.9 Å². The molecule has 1 heterocycles. The lowest BCUT2D eigenvalue weighted by Gasteiger charge is -2.06. The summed E-state index contributed by atoms with van der Waals surface area (Å²) in [5.41, 5.74) is -0.606. The van der Waals surface area contributed by atoms with Gasteiger partial charge in [0.1, 0.15) is 5.56 Å². The largest absolute Gasteiger partial charge is 0.330 e. The number of rotatable bonds is 2. The fraction of sp³-hybridized carbons (Fsp3) is 0.154. The molecule has 2 rings (SSSR count). The van der Waals surface area contributed by atoms with Crippen molar-refractivity contribution < 1.29 is 4.79 Å². The smallest absolute Gasteiger partial charge is 0.303 e. The Kier molecular flexibility index (Phi) is 3.70. The molecule has 6 heteroatoms. The van der Waals surface area contributed by atoms with E-state index in [4.69, 9.17) is 0 Å². The van der Waals surface area contributed by atoms with Gasteiger partial charge in [0, 0.05) is 29.4 Å². The Hall–Kier alpha value is -1.70. The minimum atomic E-state index is -0.577. The second kappa shape index (κ2) is 5.12. The predicted molar refractivity (Wildman–Crippen MR) is 79.5 cm³/mol. The average Bonchev–Trinajstić information content (AvgIpc) is 2.40. The molecule has 0 spiro atoms. The Morgan fingerprint density at radius 3 is 2.53 bits per heavy atom. The first kappa shape index (κ1) is 13.7. The number of halogens is 1. The summed E-state index contributed by atoms with van der Waals surface area (Å²) in [5, 5.41) is 0. The van der Waals surface area contributed by atoms with Crippen LogP contribution >= 0.6 is 22.6 Å². The van der Waals surface area contributed by atoms with Crippen LogP contribution in [0.2, 0.25) is 0 Å². The first-order chi connectivity index (χ1) is 8.91. The number of nitrogens with zero attached hydrogens (tertiary/aromatic N) is 2. The van der Waals surface area contributed by atoms with E-state index in [2.05, 4.69) is 22.6 Å². The van der Waals surface area contributed by atoms with Gasteiger partial charge in [0.25, 0.3) is 5.56 Å². The van der Waals surface area contributed by atoms with Crippen molar-refractivity contribution in [3.05, 3.63) is 66.0 Å². The van der Waals surface area contributed by atoms with E-state index in [1.807, 2.05) is 6.07 Å². The van der Waals surface area contributed by atoms with Gasteiger partial charge in [-0.2, -0.15) is 0 Å². The number of hydrogen-bond acceptors (Lipinski definition) is 3. The summed E-state index contributed by atoms with van der Waals surface area (Å²) in [6, 6.07) is 6.96. The van der Waals surface area contributed by atoms with Crippen molar-refractivity contribution >= 4 is 28.4 Å². The molecule has 0 fully saturated rings. The molecule has 1 aromatic heterocycles. The van der Waals surface area contributed by atoms with E-state index in [1.54, 1.807) is 18.2 Å². The van der Waals surface area contributed by atoms with Crippen LogP contribution in [0.1, 0.15) is 15.9 Å². The van der Waals surface area contributed by atoms with Crippen LogP contribution in [0.25, 0.3) is 0 Å². The fourth-order valence-electron chi connectivity index (χ4n) is 1.75. The van der Waals surface area contributed by atoms with Crippen LogP contribution in [0.4, 0.5) is 0 Å². The van der Waals surface area contributed by atoms with Crippen LogP contribution in [0.15, 0.2) is 40.1 Å². The normalized spacial score (nSPS) is 10.5. The Morgan fingerprint density at radius 2 is 1.89 bits per heavy atom. The molecule has 19 heavy (non-hydrogen) atoms. The van der Waals surface area contributed by atoms with Crippen LogP contribution in [0.3, 0.4) is 0 Å². The lowest BCUT2D eigenvalue weighted by molar-refractivity contribution is 0.103. The van der Waals surface area contributed by atoms with Crippen molar-refractivity contribution in [1.29, 1.82) is 0 Å². The molecule has 98 valence electrons. The van der Waals surface area contributed by atoms with Gasteiger partial charge in [0.05, 0.1) is 0 Å². The Bertz CT molecular complexity index is 774. The molecular formula is C13H11IN2O3. The number of carbonyl (C=O) groups excluding carboxylic acids is 1. The molecule has 0 amide bonds. The maximum atomic E-state index is 12.3. The third-order valence-corrected chi connectivity index (χ3v) is 3.45. The number of aryl methyl sites for hydroxylation is 1. The van der Waals surface area contributed by atoms with Crippen molar-refractivity contribution in [2.75, 3.05) is 0 Å². The topological polar surface area (TPSA) is 61.1 Å². The summed E-state index contributed by atoms with van der Waals surface area (Å²) in [6.45, 7) is 0. The van der Waals surface area contributed by atoms with Crippen molar-refractivity contribution in [3.8, 4) is 0 Å². The predicted octanol–water partition coefficient (Wildman–Crippen LogP) is 0.920. The van der Waals surface area contributed by atoms with E-state index in [0.29, 0.717) is 5.56 Å². The SMILES string of the molecule is Cn1cc(C(=O)c2cccc(I)c2)c(=O)n(C)c1=O. The van der Waals surface area contributed by atoms with E-state index in [-0.39, 0.29) is 11.3 Å². The summed E-state index contributed by atoms with van der Waals surface area (Å²) in [6.07, 6.45) is 1.28. The molecule has 5 nitrogen and oxygen atoms in total. The molecular weight excluding hydrogens is 359 g/mol. The zero-order chi connectivity index (χ0) is 14.2. The Balaban J connectivity index is 2.64. The molecule has 0 atom stereocenters. The number of ketones is 1. The third-order valence-electron chi connectivity index (χ3n) is 2.78. The maximum absolute atomic E-state index is 12.3. The van der Waals surface area contributed by atoms with Gasteiger partial charge in [-0.05, 0) is 34.7 Å². The molecule has 2 aromatic rings. The molecule has 0 aliphatic carbocycles. The second-order valence-electron chi connectivity index (χ2n) is 4.14. The standard InChI is InChI=1S/C13H11IN2O3/c1-15-7-10(12(18)16(2)13(15)19)11(17)8-4-3-5-9(14)6-8/h3-7H,1-2H3. The molecule has 0 N–H and O–H groups in total. The van der Waals surface area contributed by atoms with Crippen molar-refractivity contribution in [2.24, 2.45) is 14.1 Å². The van der Waals surface area contributed by atoms with Crippen molar-refractivity contribution in [1.82, 2.24) is 9.13 Å². The van der Waals surface area contributed by atoms with E-state index in [1.165, 1.54) is 24.9 Å². The lowest BCUT2D eigenvalue weighted by Crippen LogP contribution is -2.39. The highest BCUT2D eigenvalue weighted by molar-refractivity contribution is 14.1. The highest BCUT2D eigenvalue weighted by Gasteiger charge is 2.16. The maximum Gasteiger partial charge on any atom is 0.330 e. The third kappa shape index (κ3) is 2.53. The Morgan fingerprint density at radius 1 is 1.21 bits per heavy atom. The van der Waals surface area contributed by atoms with Crippen LogP contribution in [0.5, 0.6) is 0 Å². The second-order valence-corrected chi connectivity index (χ2v) is 5.39. The van der Waals surface area contributed by atoms with Crippen LogP contribution in [-0.2, 0) is 14.1 Å². The molecule has 1 aromatic carbocycles. The zero-order valence-electron chi connectivity index (χ0n) is 10.4. The van der Waals surface area contributed by atoms with Crippen molar-refractivity contribution in [2.45, 2.75) is 0 Å². The van der Waals surface area contributed by atoms with Gasteiger partial charge in [0.2, 0.25) is 0 Å². The monoisotopic (exact) mass is 370 g/mol. The summed E-state index contributed by atoms with van der Waals surface area (Å²) in [5.74, 6) is -0.380. The quantitative estimate of drug-likeness (QED) is 0.584. The first-order valence-electron chi connectivity index (χ1n) is 5.48. The van der Waals surface area contributed by atoms with Gasteiger partial charge in [-0.3, -0.25) is 14.2 Å². The van der Waals surface area contributed by atoms with Gasteiger partial charge in [-0.15, -0.1) is 0 Å². The minimum Gasteiger partial charge on any atom is -0.303 e. The molecule has 0 aliphatic heterocycles. The van der Waals surface area contributed by atoms with E-state index in [0.717, 1.165) is 8.14 Å². The van der Waals surface area contributed by atoms with Crippen LogP contribution < -0.4 is 11.2 Å². The number of aromatic nitrogens is 2. The highest BCUT2D eigenvalue weighted by Crippen LogP contribution is 2.10. The highest BCUT2D eigenvalue weighted by atomic mass is 127. The van der Waals surface area contributed by atoms with Gasteiger partial charge in [-0.1, -0.05) is 12.1 Å². The van der Waals surface area contributed by atoms with E-state index in [9.17, 15) is 14.4 Å². The fourth-order valence-corrected chi connectivity index (χ4v) is 2.29. The minimum absolute atomic E-state index is 0.00778. The lowest BCUT2D eigenvalue weighted by atomic mass is 10.1. The molecule has 0 saturated heterocycles. The molecule has 0 bridgehead atoms. The molecule has 0 radical (unpaired) electrons. The van der Waals surface area contributed by atoms with Crippen molar-refractivity contribution in [3.63, 3.8) is 0 Å². The summed E-state index contributed by atoms with van der Waals surface area (Å²) in [4.78, 5) is 35.8.